The predicted octanol–water partition coefficient (Wildman–Crippen LogP) is 2.04. The minimum absolute atomic E-state index is 0.0883. The van der Waals surface area contributed by atoms with Crippen molar-refractivity contribution in [2.75, 3.05) is 14.2 Å². The number of hydrogen-bond donors (Lipinski definition) is 1. The first-order valence-electron chi connectivity index (χ1n) is 8.47. The van der Waals surface area contributed by atoms with Crippen LogP contribution in [0.25, 0.3) is 11.0 Å². The summed E-state index contributed by atoms with van der Waals surface area (Å²) < 4.78 is 12.0. The van der Waals surface area contributed by atoms with Gasteiger partial charge in [0.15, 0.2) is 0 Å². The van der Waals surface area contributed by atoms with Gasteiger partial charge in [-0.3, -0.25) is 14.2 Å². The smallest absolute Gasteiger partial charge is 0.272 e. The second-order valence-electron chi connectivity index (χ2n) is 6.03. The molecule has 0 aliphatic rings. The van der Waals surface area contributed by atoms with Crippen LogP contribution in [0.3, 0.4) is 0 Å². The fraction of sp³-hybridized carbons (Fsp3) is 0.250. The molecule has 0 aliphatic heterocycles. The average molecular weight is 367 g/mol. The highest BCUT2D eigenvalue weighted by Crippen LogP contribution is 2.23. The first-order valence-corrected chi connectivity index (χ1v) is 8.47. The fourth-order valence-electron chi connectivity index (χ4n) is 2.89. The van der Waals surface area contributed by atoms with E-state index in [2.05, 4.69) is 10.3 Å². The van der Waals surface area contributed by atoms with Gasteiger partial charge in [-0.1, -0.05) is 12.1 Å². The fourth-order valence-corrected chi connectivity index (χ4v) is 2.89. The first-order chi connectivity index (χ1) is 13.0. The summed E-state index contributed by atoms with van der Waals surface area (Å²) in [6.07, 6.45) is 0. The Bertz CT molecular complexity index is 1040. The van der Waals surface area contributed by atoms with E-state index in [1.165, 1.54) is 4.57 Å². The van der Waals surface area contributed by atoms with Crippen molar-refractivity contribution in [1.82, 2.24) is 14.9 Å². The van der Waals surface area contributed by atoms with Crippen molar-refractivity contribution in [3.63, 3.8) is 0 Å². The quantitative estimate of drug-likeness (QED) is 0.721. The maximum atomic E-state index is 12.5. The molecule has 27 heavy (non-hydrogen) atoms. The maximum absolute atomic E-state index is 12.5. The van der Waals surface area contributed by atoms with Crippen LogP contribution in [0.2, 0.25) is 0 Å². The molecule has 0 bridgehead atoms. The number of hydrogen-bond acceptors (Lipinski definition) is 5. The van der Waals surface area contributed by atoms with Crippen LogP contribution in [0.15, 0.2) is 47.3 Å². The number of amides is 1. The van der Waals surface area contributed by atoms with Gasteiger partial charge in [-0.05, 0) is 37.3 Å². The van der Waals surface area contributed by atoms with Crippen LogP contribution < -0.4 is 20.3 Å². The molecule has 0 radical (unpaired) electrons. The van der Waals surface area contributed by atoms with Crippen LogP contribution in [-0.4, -0.2) is 29.7 Å². The van der Waals surface area contributed by atoms with E-state index in [0.29, 0.717) is 28.2 Å². The number of aromatic nitrogens is 2. The molecule has 0 spiro atoms. The van der Waals surface area contributed by atoms with Gasteiger partial charge < -0.3 is 14.8 Å². The SMILES string of the molecule is COc1ccc(OC)c(CNC(=O)Cn2c(=O)c(C)nc3ccccc32)c1. The number of rotatable bonds is 6. The Kier molecular flexibility index (Phi) is 5.40. The van der Waals surface area contributed by atoms with Gasteiger partial charge in [-0.25, -0.2) is 4.98 Å². The van der Waals surface area contributed by atoms with Crippen molar-refractivity contribution in [2.45, 2.75) is 20.0 Å². The minimum Gasteiger partial charge on any atom is -0.497 e. The van der Waals surface area contributed by atoms with Crippen molar-refractivity contribution < 1.29 is 14.3 Å². The third-order valence-corrected chi connectivity index (χ3v) is 4.28. The molecule has 0 saturated heterocycles. The van der Waals surface area contributed by atoms with Crippen molar-refractivity contribution in [1.29, 1.82) is 0 Å². The van der Waals surface area contributed by atoms with Gasteiger partial charge in [-0.2, -0.15) is 0 Å². The summed E-state index contributed by atoms with van der Waals surface area (Å²) in [4.78, 5) is 29.2. The van der Waals surface area contributed by atoms with Crippen molar-refractivity contribution in [3.8, 4) is 11.5 Å². The van der Waals surface area contributed by atoms with Crippen molar-refractivity contribution in [2.24, 2.45) is 0 Å². The largest absolute Gasteiger partial charge is 0.497 e. The summed E-state index contributed by atoms with van der Waals surface area (Å²) >= 11 is 0. The van der Waals surface area contributed by atoms with Crippen LogP contribution in [0, 0.1) is 6.92 Å². The molecule has 0 atom stereocenters. The number of fused-ring (bicyclic) bond motifs is 1. The molecule has 3 aromatic rings. The third-order valence-electron chi connectivity index (χ3n) is 4.28. The van der Waals surface area contributed by atoms with Crippen LogP contribution in [0.4, 0.5) is 0 Å². The van der Waals surface area contributed by atoms with Gasteiger partial charge in [-0.15, -0.1) is 0 Å². The van der Waals surface area contributed by atoms with Gasteiger partial charge in [0.05, 0.1) is 25.3 Å². The lowest BCUT2D eigenvalue weighted by Gasteiger charge is -2.13. The molecule has 2 aromatic carbocycles. The zero-order valence-electron chi connectivity index (χ0n) is 15.5. The first kappa shape index (κ1) is 18.4. The lowest BCUT2D eigenvalue weighted by molar-refractivity contribution is -0.121. The minimum atomic E-state index is -0.280. The van der Waals surface area contributed by atoms with Gasteiger partial charge in [0.1, 0.15) is 23.7 Å². The van der Waals surface area contributed by atoms with Gasteiger partial charge in [0.2, 0.25) is 5.91 Å². The number of carbonyl (C=O) groups excluding carboxylic acids is 1. The predicted molar refractivity (Wildman–Crippen MR) is 102 cm³/mol. The number of benzene rings is 2. The van der Waals surface area contributed by atoms with Crippen LogP contribution >= 0.6 is 0 Å². The number of methoxy groups -OCH3 is 2. The van der Waals surface area contributed by atoms with E-state index < -0.39 is 0 Å². The Morgan fingerprint density at radius 1 is 1.15 bits per heavy atom. The Hall–Kier alpha value is -3.35. The van der Waals surface area contributed by atoms with Crippen LogP contribution in [0.5, 0.6) is 11.5 Å². The molecular weight excluding hydrogens is 346 g/mol. The number of ether oxygens (including phenoxy) is 2. The number of para-hydroxylation sites is 2. The molecule has 1 aromatic heterocycles. The molecule has 7 heteroatoms. The van der Waals surface area contributed by atoms with Crippen LogP contribution in [0.1, 0.15) is 11.3 Å². The lowest BCUT2D eigenvalue weighted by atomic mass is 10.2. The molecule has 0 aliphatic carbocycles. The van der Waals surface area contributed by atoms with E-state index in [-0.39, 0.29) is 24.6 Å². The van der Waals surface area contributed by atoms with Gasteiger partial charge in [0.25, 0.3) is 5.56 Å². The number of nitrogens with zero attached hydrogens (tertiary/aromatic N) is 2. The molecule has 1 N–H and O–H groups in total. The molecule has 3 rings (SSSR count). The number of carbonyl (C=O) groups is 1. The number of nitrogens with one attached hydrogen (secondary N) is 1. The topological polar surface area (TPSA) is 82.5 Å². The summed E-state index contributed by atoms with van der Waals surface area (Å²) in [5.74, 6) is 1.04. The zero-order valence-corrected chi connectivity index (χ0v) is 15.5. The van der Waals surface area contributed by atoms with Crippen molar-refractivity contribution >= 4 is 16.9 Å². The van der Waals surface area contributed by atoms with Crippen molar-refractivity contribution in [3.05, 3.63) is 64.1 Å². The van der Waals surface area contributed by atoms with E-state index in [1.54, 1.807) is 45.4 Å². The summed E-state index contributed by atoms with van der Waals surface area (Å²) in [6, 6.07) is 12.6. The molecule has 1 amide bonds. The van der Waals surface area contributed by atoms with E-state index in [9.17, 15) is 9.59 Å². The molecular formula is C20H21N3O4. The average Bonchev–Trinajstić information content (AvgIpc) is 2.69. The Morgan fingerprint density at radius 3 is 2.67 bits per heavy atom. The Balaban J connectivity index is 1.81. The van der Waals surface area contributed by atoms with E-state index in [0.717, 1.165) is 5.56 Å². The lowest BCUT2D eigenvalue weighted by Crippen LogP contribution is -2.33. The van der Waals surface area contributed by atoms with Gasteiger partial charge >= 0.3 is 0 Å². The Labute approximate surface area is 156 Å². The third kappa shape index (κ3) is 3.92. The highest BCUT2D eigenvalue weighted by atomic mass is 16.5. The van der Waals surface area contributed by atoms with Gasteiger partial charge in [0, 0.05) is 12.1 Å². The monoisotopic (exact) mass is 367 g/mol. The zero-order chi connectivity index (χ0) is 19.4. The Morgan fingerprint density at radius 2 is 1.93 bits per heavy atom. The summed E-state index contributed by atoms with van der Waals surface area (Å²) in [6.45, 7) is 1.81. The molecule has 1 heterocycles. The molecule has 7 nitrogen and oxygen atoms in total. The number of aryl methyl sites for hydroxylation is 1. The molecule has 140 valence electrons. The standard InChI is InChI=1S/C20H21N3O4/c1-13-20(25)23(17-7-5-4-6-16(17)22-13)12-19(24)21-11-14-10-15(26-2)8-9-18(14)27-3/h4-10H,11-12H2,1-3H3,(H,21,24). The normalized spacial score (nSPS) is 10.6. The van der Waals surface area contributed by atoms with E-state index in [1.807, 2.05) is 18.2 Å². The molecule has 0 fully saturated rings. The summed E-state index contributed by atoms with van der Waals surface area (Å²) in [5, 5.41) is 2.83. The molecule has 0 saturated carbocycles. The highest BCUT2D eigenvalue weighted by Gasteiger charge is 2.12. The summed E-state index contributed by atoms with van der Waals surface area (Å²) in [5.41, 5.74) is 2.17. The van der Waals surface area contributed by atoms with E-state index >= 15 is 0 Å². The van der Waals surface area contributed by atoms with E-state index in [4.69, 9.17) is 9.47 Å². The summed E-state index contributed by atoms with van der Waals surface area (Å²) in [7, 11) is 3.14. The second-order valence-corrected chi connectivity index (χ2v) is 6.03. The maximum Gasteiger partial charge on any atom is 0.272 e. The van der Waals surface area contributed by atoms with Crippen LogP contribution in [-0.2, 0) is 17.9 Å². The second kappa shape index (κ2) is 7.90. The molecule has 0 unspecified atom stereocenters. The highest BCUT2D eigenvalue weighted by molar-refractivity contribution is 5.80.